The van der Waals surface area contributed by atoms with Crippen LogP contribution in [0.1, 0.15) is 31.2 Å². The van der Waals surface area contributed by atoms with Crippen LogP contribution < -0.4 is 22.1 Å². The minimum atomic E-state index is -5.08. The highest BCUT2D eigenvalue weighted by atomic mass is 19.4. The van der Waals surface area contributed by atoms with E-state index in [-0.39, 0.29) is 24.4 Å². The van der Waals surface area contributed by atoms with Gasteiger partial charge in [-0.2, -0.15) is 26.3 Å². The first kappa shape index (κ1) is 38.9. The molecule has 0 aliphatic carbocycles. The molecule has 0 unspecified atom stereocenters. The molecule has 1 aromatic carbocycles. The number of aliphatic carboxylic acids is 2. The molecule has 0 aromatic heterocycles. The maximum Gasteiger partial charge on any atom is 0.490 e. The molecule has 13 nitrogen and oxygen atoms in total. The molecule has 1 fully saturated rings. The van der Waals surface area contributed by atoms with E-state index < -0.39 is 42.4 Å². The molecule has 10 N–H and O–H groups in total. The van der Waals surface area contributed by atoms with E-state index in [4.69, 9.17) is 36.7 Å². The second kappa shape index (κ2) is 18.4. The van der Waals surface area contributed by atoms with Crippen LogP contribution in [0.15, 0.2) is 30.3 Å². The Bertz CT molecular complexity index is 1040. The van der Waals surface area contributed by atoms with Crippen molar-refractivity contribution in [1.29, 1.82) is 5.41 Å². The maximum atomic E-state index is 12.8. The molecular weight excluding hydrogens is 598 g/mol. The summed E-state index contributed by atoms with van der Waals surface area (Å²) in [7, 11) is 0. The number of nitrogens with zero attached hydrogens (tertiary/aromatic N) is 1. The molecule has 0 spiro atoms. The van der Waals surface area contributed by atoms with E-state index in [0.717, 1.165) is 12.0 Å². The Balaban J connectivity index is 0.00000104. The number of carboxylic acid groups (broad SMARTS) is 2. The SMILES string of the molecule is N=C(N)NCCC[C@@H](CO)NC(=O)[C@@H]1CCCN1C(=O)[C@H](N)Cc1ccccc1.O=C(O)C(F)(F)F.O=C(O)C(F)(F)F. The van der Waals surface area contributed by atoms with Crippen molar-refractivity contribution in [1.82, 2.24) is 15.5 Å². The molecule has 2 amide bonds. The van der Waals surface area contributed by atoms with Gasteiger partial charge < -0.3 is 42.3 Å². The third kappa shape index (κ3) is 16.2. The van der Waals surface area contributed by atoms with Crippen molar-refractivity contribution < 1.29 is 60.8 Å². The number of amides is 2. The number of halogens is 6. The van der Waals surface area contributed by atoms with Gasteiger partial charge in [-0.15, -0.1) is 0 Å². The van der Waals surface area contributed by atoms with Gasteiger partial charge in [-0.1, -0.05) is 30.3 Å². The molecule has 3 atom stereocenters. The number of hydrogen-bond donors (Lipinski definition) is 8. The first-order valence-corrected chi connectivity index (χ1v) is 12.5. The number of carbonyl (C=O) groups is 4. The number of nitrogens with two attached hydrogens (primary N) is 2. The summed E-state index contributed by atoms with van der Waals surface area (Å²) in [4.78, 5) is 44.9. The van der Waals surface area contributed by atoms with Crippen LogP contribution >= 0.6 is 0 Å². The average Bonchev–Trinajstić information content (AvgIpc) is 3.40. The number of carbonyl (C=O) groups excluding carboxylic acids is 2. The number of aliphatic hydroxyl groups is 1. The van der Waals surface area contributed by atoms with Crippen LogP contribution in [0.3, 0.4) is 0 Å². The third-order valence-electron chi connectivity index (χ3n) is 5.55. The smallest absolute Gasteiger partial charge is 0.475 e. The number of alkyl halides is 6. The van der Waals surface area contributed by atoms with Gasteiger partial charge in [0.1, 0.15) is 6.04 Å². The lowest BCUT2D eigenvalue weighted by Crippen LogP contribution is -2.53. The Kier molecular flexibility index (Phi) is 16.6. The normalized spacial score (nSPS) is 15.9. The quantitative estimate of drug-likeness (QED) is 0.0773. The van der Waals surface area contributed by atoms with E-state index >= 15 is 0 Å². The monoisotopic (exact) mass is 632 g/mol. The fraction of sp³-hybridized carbons (Fsp3) is 0.542. The van der Waals surface area contributed by atoms with Crippen LogP contribution in [0.25, 0.3) is 0 Å². The molecule has 1 heterocycles. The molecule has 1 aliphatic rings. The Labute approximate surface area is 241 Å². The highest BCUT2D eigenvalue weighted by Crippen LogP contribution is 2.20. The second-order valence-corrected chi connectivity index (χ2v) is 8.96. The molecular formula is C24H34F6N6O7. The van der Waals surface area contributed by atoms with Crippen LogP contribution in [0.2, 0.25) is 0 Å². The molecule has 244 valence electrons. The number of likely N-dealkylation sites (tertiary alicyclic amines) is 1. The molecule has 0 bridgehead atoms. The Morgan fingerprint density at radius 2 is 1.53 bits per heavy atom. The van der Waals surface area contributed by atoms with Gasteiger partial charge >= 0.3 is 24.3 Å². The minimum Gasteiger partial charge on any atom is -0.475 e. The zero-order valence-electron chi connectivity index (χ0n) is 22.6. The average molecular weight is 633 g/mol. The Hall–Kier alpha value is -4.13. The first-order chi connectivity index (χ1) is 19.8. The number of guanidine groups is 1. The number of carboxylic acids is 2. The fourth-order valence-electron chi connectivity index (χ4n) is 3.55. The predicted octanol–water partition coefficient (Wildman–Crippen LogP) is 0.554. The van der Waals surface area contributed by atoms with Gasteiger partial charge in [0.05, 0.1) is 18.7 Å². The van der Waals surface area contributed by atoms with E-state index in [0.29, 0.717) is 38.8 Å². The van der Waals surface area contributed by atoms with Crippen molar-refractivity contribution in [2.75, 3.05) is 19.7 Å². The number of nitrogens with one attached hydrogen (secondary N) is 3. The van der Waals surface area contributed by atoms with E-state index in [9.17, 15) is 41.0 Å². The number of hydrogen-bond acceptors (Lipinski definition) is 7. The summed E-state index contributed by atoms with van der Waals surface area (Å²) in [6.45, 7) is 0.801. The highest BCUT2D eigenvalue weighted by molar-refractivity contribution is 5.90. The summed E-state index contributed by atoms with van der Waals surface area (Å²) in [6, 6.07) is 7.89. The Morgan fingerprint density at radius 1 is 1.02 bits per heavy atom. The highest BCUT2D eigenvalue weighted by Gasteiger charge is 2.39. The number of benzene rings is 1. The van der Waals surface area contributed by atoms with Crippen LogP contribution in [0.4, 0.5) is 26.3 Å². The number of aliphatic hydroxyl groups excluding tert-OH is 1. The van der Waals surface area contributed by atoms with Gasteiger partial charge in [0.2, 0.25) is 11.8 Å². The lowest BCUT2D eigenvalue weighted by Gasteiger charge is -2.28. The molecule has 19 heteroatoms. The summed E-state index contributed by atoms with van der Waals surface area (Å²) in [5.41, 5.74) is 12.3. The van der Waals surface area contributed by atoms with Gasteiger partial charge in [0, 0.05) is 13.1 Å². The Morgan fingerprint density at radius 3 is 1.98 bits per heavy atom. The van der Waals surface area contributed by atoms with Crippen LogP contribution in [0, 0.1) is 5.41 Å². The largest absolute Gasteiger partial charge is 0.490 e. The lowest BCUT2D eigenvalue weighted by molar-refractivity contribution is -0.193. The molecule has 43 heavy (non-hydrogen) atoms. The van der Waals surface area contributed by atoms with E-state index in [2.05, 4.69) is 10.6 Å². The molecule has 1 saturated heterocycles. The van der Waals surface area contributed by atoms with Crippen molar-refractivity contribution in [3.05, 3.63) is 35.9 Å². The molecule has 1 aliphatic heterocycles. The molecule has 1 aromatic rings. The second-order valence-electron chi connectivity index (χ2n) is 8.96. The van der Waals surface area contributed by atoms with Gasteiger partial charge in [0.25, 0.3) is 0 Å². The van der Waals surface area contributed by atoms with Crippen molar-refractivity contribution in [2.45, 2.75) is 62.6 Å². The molecule has 0 saturated carbocycles. The van der Waals surface area contributed by atoms with Gasteiger partial charge in [-0.05, 0) is 37.7 Å². The molecule has 0 radical (unpaired) electrons. The van der Waals surface area contributed by atoms with Crippen molar-refractivity contribution in [3.63, 3.8) is 0 Å². The third-order valence-corrected chi connectivity index (χ3v) is 5.55. The summed E-state index contributed by atoms with van der Waals surface area (Å²) in [5.74, 6) is -6.11. The van der Waals surface area contributed by atoms with Crippen LogP contribution in [-0.4, -0.2) is 100 Å². The van der Waals surface area contributed by atoms with Gasteiger partial charge in [-0.3, -0.25) is 15.0 Å². The molecule has 2 rings (SSSR count). The maximum absolute atomic E-state index is 12.8. The summed E-state index contributed by atoms with van der Waals surface area (Å²) < 4.78 is 63.5. The van der Waals surface area contributed by atoms with Crippen molar-refractivity contribution >= 4 is 29.7 Å². The predicted molar refractivity (Wildman–Crippen MR) is 138 cm³/mol. The lowest BCUT2D eigenvalue weighted by atomic mass is 10.0. The van der Waals surface area contributed by atoms with Crippen molar-refractivity contribution in [2.24, 2.45) is 11.5 Å². The van der Waals surface area contributed by atoms with Gasteiger partial charge in [0.15, 0.2) is 5.96 Å². The standard InChI is InChI=1S/C20H32N6O3.2C2HF3O2/c21-16(12-14-6-2-1-3-7-14)19(29)26-11-5-9-17(26)18(28)25-15(13-27)8-4-10-24-20(22)23;2*3-2(4,5)1(6)7/h1-3,6-7,15-17,27H,4-5,8-13,21H2,(H,25,28)(H4,22,23,24);2*(H,6,7)/t15-,16+,17-;;/m0../s1. The number of rotatable bonds is 10. The van der Waals surface area contributed by atoms with Gasteiger partial charge in [-0.25, -0.2) is 9.59 Å². The van der Waals surface area contributed by atoms with Crippen molar-refractivity contribution in [3.8, 4) is 0 Å². The zero-order valence-corrected chi connectivity index (χ0v) is 22.6. The van der Waals surface area contributed by atoms with Crippen LogP contribution in [0.5, 0.6) is 0 Å². The summed E-state index contributed by atoms with van der Waals surface area (Å²) in [6.07, 6.45) is -7.24. The van der Waals surface area contributed by atoms with E-state index in [1.165, 1.54) is 0 Å². The fourth-order valence-corrected chi connectivity index (χ4v) is 3.55. The topological polar surface area (TPSA) is 232 Å². The zero-order chi connectivity index (χ0) is 33.4. The van der Waals surface area contributed by atoms with Crippen LogP contribution in [-0.2, 0) is 25.6 Å². The first-order valence-electron chi connectivity index (χ1n) is 12.5. The van der Waals surface area contributed by atoms with E-state index in [1.54, 1.807) is 4.90 Å². The van der Waals surface area contributed by atoms with E-state index in [1.807, 2.05) is 30.3 Å². The minimum absolute atomic E-state index is 0.110. The summed E-state index contributed by atoms with van der Waals surface area (Å²) >= 11 is 0. The summed E-state index contributed by atoms with van der Waals surface area (Å²) in [5, 5.41) is 36.4.